The van der Waals surface area contributed by atoms with E-state index in [0.29, 0.717) is 25.9 Å². The maximum atomic E-state index is 12.4. The molecule has 1 heterocycles. The number of nitrogens with one attached hydrogen (secondary N) is 2. The first kappa shape index (κ1) is 23.3. The van der Waals surface area contributed by atoms with Gasteiger partial charge in [-0.1, -0.05) is 12.1 Å². The second kappa shape index (κ2) is 10.7. The van der Waals surface area contributed by atoms with E-state index in [0.717, 1.165) is 11.3 Å². The SMILES string of the molecule is COc1ccc(/C=C/C(=O)N2CCC(NC(=O)CNC(=O)OC(C)(C)C)CC2)cc1. The minimum Gasteiger partial charge on any atom is -0.497 e. The molecule has 0 aliphatic carbocycles. The average Bonchev–Trinajstić information content (AvgIpc) is 2.70. The summed E-state index contributed by atoms with van der Waals surface area (Å²) in [5.74, 6) is 0.441. The number of methoxy groups -OCH3 is 1. The van der Waals surface area contributed by atoms with Gasteiger partial charge in [-0.25, -0.2) is 4.79 Å². The van der Waals surface area contributed by atoms with E-state index < -0.39 is 11.7 Å². The highest BCUT2D eigenvalue weighted by Crippen LogP contribution is 2.14. The molecule has 0 bridgehead atoms. The first-order valence-corrected chi connectivity index (χ1v) is 10.0. The summed E-state index contributed by atoms with van der Waals surface area (Å²) in [7, 11) is 1.61. The largest absolute Gasteiger partial charge is 0.497 e. The van der Waals surface area contributed by atoms with Gasteiger partial charge in [0.05, 0.1) is 7.11 Å². The van der Waals surface area contributed by atoms with E-state index in [1.165, 1.54) is 0 Å². The van der Waals surface area contributed by atoms with Gasteiger partial charge in [-0.3, -0.25) is 9.59 Å². The molecule has 8 nitrogen and oxygen atoms in total. The molecule has 0 aromatic heterocycles. The van der Waals surface area contributed by atoms with Crippen molar-refractivity contribution in [3.05, 3.63) is 35.9 Å². The number of likely N-dealkylation sites (tertiary alicyclic amines) is 1. The molecule has 2 N–H and O–H groups in total. The summed E-state index contributed by atoms with van der Waals surface area (Å²) in [6.07, 6.45) is 4.05. The van der Waals surface area contributed by atoms with Crippen LogP contribution in [0.2, 0.25) is 0 Å². The van der Waals surface area contributed by atoms with Crippen LogP contribution in [0.4, 0.5) is 4.79 Å². The number of hydrogen-bond donors (Lipinski definition) is 2. The van der Waals surface area contributed by atoms with Crippen LogP contribution in [0.25, 0.3) is 6.08 Å². The summed E-state index contributed by atoms with van der Waals surface area (Å²) >= 11 is 0. The fraction of sp³-hybridized carbons (Fsp3) is 0.500. The lowest BCUT2D eigenvalue weighted by atomic mass is 10.0. The second-order valence-corrected chi connectivity index (χ2v) is 8.13. The van der Waals surface area contributed by atoms with Crippen LogP contribution in [0.15, 0.2) is 30.3 Å². The Morgan fingerprint density at radius 2 is 1.77 bits per heavy atom. The number of amides is 3. The molecule has 0 radical (unpaired) electrons. The fourth-order valence-electron chi connectivity index (χ4n) is 2.98. The van der Waals surface area contributed by atoms with Crippen molar-refractivity contribution in [1.29, 1.82) is 0 Å². The smallest absolute Gasteiger partial charge is 0.408 e. The van der Waals surface area contributed by atoms with E-state index in [4.69, 9.17) is 9.47 Å². The Kier molecular flexibility index (Phi) is 8.26. The molecule has 1 aliphatic rings. The van der Waals surface area contributed by atoms with Crippen molar-refractivity contribution in [2.24, 2.45) is 0 Å². The van der Waals surface area contributed by atoms with Crippen LogP contribution in [-0.4, -0.2) is 61.2 Å². The number of rotatable bonds is 6. The van der Waals surface area contributed by atoms with E-state index >= 15 is 0 Å². The Labute approximate surface area is 177 Å². The highest BCUT2D eigenvalue weighted by Gasteiger charge is 2.23. The number of piperidine rings is 1. The van der Waals surface area contributed by atoms with Crippen molar-refractivity contribution >= 4 is 24.0 Å². The van der Waals surface area contributed by atoms with Crippen molar-refractivity contribution in [3.63, 3.8) is 0 Å². The van der Waals surface area contributed by atoms with Crippen LogP contribution < -0.4 is 15.4 Å². The van der Waals surface area contributed by atoms with Crippen LogP contribution in [-0.2, 0) is 14.3 Å². The lowest BCUT2D eigenvalue weighted by molar-refractivity contribution is -0.127. The first-order valence-electron chi connectivity index (χ1n) is 10.0. The zero-order valence-electron chi connectivity index (χ0n) is 18.1. The maximum absolute atomic E-state index is 12.4. The minimum atomic E-state index is -0.623. The minimum absolute atomic E-state index is 0.0208. The number of hydrogen-bond acceptors (Lipinski definition) is 5. The van der Waals surface area contributed by atoms with Gasteiger partial charge in [0.1, 0.15) is 17.9 Å². The average molecular weight is 418 g/mol. The van der Waals surface area contributed by atoms with Gasteiger partial charge in [0, 0.05) is 25.2 Å². The molecule has 0 unspecified atom stereocenters. The molecule has 1 fully saturated rings. The fourth-order valence-corrected chi connectivity index (χ4v) is 2.98. The summed E-state index contributed by atoms with van der Waals surface area (Å²) < 4.78 is 10.2. The molecular formula is C22H31N3O5. The molecule has 0 atom stereocenters. The van der Waals surface area contributed by atoms with Gasteiger partial charge in [0.2, 0.25) is 11.8 Å². The van der Waals surface area contributed by atoms with Crippen molar-refractivity contribution in [1.82, 2.24) is 15.5 Å². The van der Waals surface area contributed by atoms with Gasteiger partial charge < -0.3 is 25.0 Å². The predicted octanol–water partition coefficient (Wildman–Crippen LogP) is 2.34. The van der Waals surface area contributed by atoms with Crippen LogP contribution in [0.3, 0.4) is 0 Å². The highest BCUT2D eigenvalue weighted by molar-refractivity contribution is 5.91. The molecule has 3 amide bonds. The first-order chi connectivity index (χ1) is 14.2. The number of benzene rings is 1. The van der Waals surface area contributed by atoms with Gasteiger partial charge in [-0.05, 0) is 57.4 Å². The van der Waals surface area contributed by atoms with Crippen molar-refractivity contribution in [3.8, 4) is 5.75 Å². The van der Waals surface area contributed by atoms with Gasteiger partial charge >= 0.3 is 6.09 Å². The standard InChI is InChI=1S/C22H31N3O5/c1-22(2,3)30-21(28)23-15-19(26)24-17-11-13-25(14-12-17)20(27)10-7-16-5-8-18(29-4)9-6-16/h5-10,17H,11-15H2,1-4H3,(H,23,28)(H,24,26)/b10-7+. The highest BCUT2D eigenvalue weighted by atomic mass is 16.6. The molecule has 0 spiro atoms. The van der Waals surface area contributed by atoms with E-state index in [9.17, 15) is 14.4 Å². The maximum Gasteiger partial charge on any atom is 0.408 e. The number of carbonyl (C=O) groups is 3. The summed E-state index contributed by atoms with van der Waals surface area (Å²) in [6, 6.07) is 7.43. The van der Waals surface area contributed by atoms with E-state index in [2.05, 4.69) is 10.6 Å². The normalized spacial score (nSPS) is 15.0. The van der Waals surface area contributed by atoms with E-state index in [1.807, 2.05) is 24.3 Å². The molecule has 2 rings (SSSR count). The quantitative estimate of drug-likeness (QED) is 0.693. The third kappa shape index (κ3) is 8.14. The predicted molar refractivity (Wildman–Crippen MR) is 114 cm³/mol. The zero-order chi connectivity index (χ0) is 22.1. The second-order valence-electron chi connectivity index (χ2n) is 8.13. The van der Waals surface area contributed by atoms with E-state index in [1.54, 1.807) is 44.9 Å². The Balaban J connectivity index is 1.70. The molecule has 8 heteroatoms. The molecule has 1 aromatic carbocycles. The summed E-state index contributed by atoms with van der Waals surface area (Å²) in [5, 5.41) is 5.33. The van der Waals surface area contributed by atoms with Crippen molar-refractivity contribution < 1.29 is 23.9 Å². The third-order valence-electron chi connectivity index (χ3n) is 4.50. The number of alkyl carbamates (subject to hydrolysis) is 1. The molecule has 1 aliphatic heterocycles. The zero-order valence-corrected chi connectivity index (χ0v) is 18.1. The summed E-state index contributed by atoms with van der Waals surface area (Å²) in [4.78, 5) is 37.8. The Morgan fingerprint density at radius 3 is 2.33 bits per heavy atom. The summed E-state index contributed by atoms with van der Waals surface area (Å²) in [5.41, 5.74) is 0.311. The molecule has 0 saturated carbocycles. The van der Waals surface area contributed by atoms with Crippen LogP contribution in [0, 0.1) is 0 Å². The van der Waals surface area contributed by atoms with Gasteiger partial charge in [0.25, 0.3) is 0 Å². The van der Waals surface area contributed by atoms with Gasteiger partial charge in [-0.15, -0.1) is 0 Å². The Bertz CT molecular complexity index is 760. The van der Waals surface area contributed by atoms with Crippen LogP contribution in [0.5, 0.6) is 5.75 Å². The lowest BCUT2D eigenvalue weighted by Crippen LogP contribution is -2.48. The molecule has 1 saturated heterocycles. The van der Waals surface area contributed by atoms with Gasteiger partial charge in [0.15, 0.2) is 0 Å². The van der Waals surface area contributed by atoms with E-state index in [-0.39, 0.29) is 24.4 Å². The van der Waals surface area contributed by atoms with Crippen LogP contribution in [0.1, 0.15) is 39.2 Å². The van der Waals surface area contributed by atoms with Crippen LogP contribution >= 0.6 is 0 Å². The van der Waals surface area contributed by atoms with Crippen molar-refractivity contribution in [2.45, 2.75) is 45.3 Å². The molecular weight excluding hydrogens is 386 g/mol. The Morgan fingerprint density at radius 1 is 1.13 bits per heavy atom. The molecule has 164 valence electrons. The third-order valence-corrected chi connectivity index (χ3v) is 4.50. The van der Waals surface area contributed by atoms with Gasteiger partial charge in [-0.2, -0.15) is 0 Å². The lowest BCUT2D eigenvalue weighted by Gasteiger charge is -2.31. The Hall–Kier alpha value is -3.03. The molecule has 30 heavy (non-hydrogen) atoms. The summed E-state index contributed by atoms with van der Waals surface area (Å²) in [6.45, 7) is 6.26. The van der Waals surface area contributed by atoms with Crippen molar-refractivity contribution in [2.75, 3.05) is 26.7 Å². The molecule has 1 aromatic rings. The topological polar surface area (TPSA) is 97.0 Å². The number of nitrogens with zero attached hydrogens (tertiary/aromatic N) is 1. The monoisotopic (exact) mass is 417 g/mol. The number of carbonyl (C=O) groups excluding carboxylic acids is 3. The number of ether oxygens (including phenoxy) is 2.